The summed E-state index contributed by atoms with van der Waals surface area (Å²) in [6.45, 7) is 0. The van der Waals surface area contributed by atoms with Crippen molar-refractivity contribution in [1.82, 2.24) is 4.98 Å². The third-order valence-electron chi connectivity index (χ3n) is 4.98. The molecule has 0 amide bonds. The molecule has 3 heteroatoms. The molecular weight excluding hydrogens is 559 g/mol. The first-order valence-corrected chi connectivity index (χ1v) is 9.85. The molecule has 1 heterocycles. The molecule has 5 aromatic rings. The number of pyridine rings is 1. The van der Waals surface area contributed by atoms with Gasteiger partial charge in [-0.25, -0.2) is 0 Å². The number of benzene rings is 4. The molecule has 0 saturated carbocycles. The topological polar surface area (TPSA) is 25.2 Å². The minimum atomic E-state index is 0. The van der Waals surface area contributed by atoms with Crippen LogP contribution in [0.5, 0.6) is 0 Å². The van der Waals surface area contributed by atoms with Crippen molar-refractivity contribution in [2.75, 3.05) is 0 Å². The summed E-state index contributed by atoms with van der Waals surface area (Å²) in [5.41, 5.74) is 5.80. The van der Waals surface area contributed by atoms with Gasteiger partial charge in [-0.2, -0.15) is 0 Å². The standard InChI is InChI=1S/C28H18N2.Pt/c1-2-10-22(11-3-1)25-14-6-7-15-27(25)30-20-21-18-23-12-4-5-13-24(23)26(19-21)28-16-8-9-17-29-28;/h1-10,12-18,20H;/q-2;+2. The fourth-order valence-electron chi connectivity index (χ4n) is 3.56. The molecule has 0 fully saturated rings. The molecule has 0 spiro atoms. The fraction of sp³-hybridized carbons (Fsp3) is 0. The van der Waals surface area contributed by atoms with Crippen LogP contribution in [-0.2, 0) is 21.1 Å². The van der Waals surface area contributed by atoms with Gasteiger partial charge in [-0.1, -0.05) is 76.5 Å². The van der Waals surface area contributed by atoms with Crippen LogP contribution in [0.15, 0.2) is 108 Å². The van der Waals surface area contributed by atoms with Crippen LogP contribution in [0.1, 0.15) is 5.56 Å². The van der Waals surface area contributed by atoms with E-state index in [1.165, 1.54) is 0 Å². The molecule has 31 heavy (non-hydrogen) atoms. The van der Waals surface area contributed by atoms with Gasteiger partial charge < -0.3 is 4.99 Å². The average Bonchev–Trinajstić information content (AvgIpc) is 2.83. The van der Waals surface area contributed by atoms with Crippen LogP contribution in [0, 0.1) is 12.1 Å². The minimum Gasteiger partial charge on any atom is -0.304 e. The Hall–Kier alpha value is -3.35. The quantitative estimate of drug-likeness (QED) is 0.168. The first kappa shape index (κ1) is 20.9. The molecule has 1 aromatic heterocycles. The van der Waals surface area contributed by atoms with Crippen molar-refractivity contribution in [2.24, 2.45) is 4.99 Å². The van der Waals surface area contributed by atoms with E-state index in [0.717, 1.165) is 44.4 Å². The van der Waals surface area contributed by atoms with E-state index in [4.69, 9.17) is 4.99 Å². The molecular formula is C28H18N2Pt. The van der Waals surface area contributed by atoms with Crippen molar-refractivity contribution < 1.29 is 21.1 Å². The van der Waals surface area contributed by atoms with Gasteiger partial charge in [0.2, 0.25) is 0 Å². The summed E-state index contributed by atoms with van der Waals surface area (Å²) in [5, 5.41) is 2.27. The zero-order valence-electron chi connectivity index (χ0n) is 16.6. The second-order valence-electron chi connectivity index (χ2n) is 6.95. The Morgan fingerprint density at radius 2 is 1.61 bits per heavy atom. The van der Waals surface area contributed by atoms with Crippen LogP contribution in [0.4, 0.5) is 5.69 Å². The van der Waals surface area contributed by atoms with Crippen LogP contribution in [0.25, 0.3) is 33.2 Å². The van der Waals surface area contributed by atoms with E-state index in [9.17, 15) is 0 Å². The summed E-state index contributed by atoms with van der Waals surface area (Å²) in [6, 6.07) is 39.2. The molecule has 5 rings (SSSR count). The molecule has 2 nitrogen and oxygen atoms in total. The SMILES string of the molecule is [Pt+2].[c-]1ccccc1-c1ccccc1N=Cc1[c-]c(-c2ccccn2)c2ccccc2c1. The predicted molar refractivity (Wildman–Crippen MR) is 124 cm³/mol. The number of hydrogen-bond acceptors (Lipinski definition) is 2. The maximum atomic E-state index is 4.80. The maximum absolute atomic E-state index is 4.80. The average molecular weight is 578 g/mol. The second-order valence-corrected chi connectivity index (χ2v) is 6.95. The zero-order chi connectivity index (χ0) is 20.2. The largest absolute Gasteiger partial charge is 2.00 e. The molecule has 0 unspecified atom stereocenters. The van der Waals surface area contributed by atoms with Crippen LogP contribution >= 0.6 is 0 Å². The Morgan fingerprint density at radius 3 is 2.45 bits per heavy atom. The van der Waals surface area contributed by atoms with E-state index in [0.29, 0.717) is 0 Å². The fourth-order valence-corrected chi connectivity index (χ4v) is 3.56. The van der Waals surface area contributed by atoms with Gasteiger partial charge in [0.1, 0.15) is 0 Å². The van der Waals surface area contributed by atoms with Crippen LogP contribution in [0.3, 0.4) is 0 Å². The normalized spacial score (nSPS) is 10.8. The Bertz CT molecular complexity index is 1330. The Labute approximate surface area is 196 Å². The molecule has 0 aliphatic rings. The molecule has 4 aromatic carbocycles. The van der Waals surface area contributed by atoms with Crippen LogP contribution in [0.2, 0.25) is 0 Å². The van der Waals surface area contributed by atoms with Gasteiger partial charge >= 0.3 is 21.1 Å². The Morgan fingerprint density at radius 1 is 0.806 bits per heavy atom. The number of nitrogens with zero attached hydrogens (tertiary/aromatic N) is 2. The number of aromatic nitrogens is 1. The zero-order valence-corrected chi connectivity index (χ0v) is 18.9. The summed E-state index contributed by atoms with van der Waals surface area (Å²) in [5.74, 6) is 0. The number of rotatable bonds is 4. The van der Waals surface area contributed by atoms with Gasteiger partial charge in [-0.15, -0.1) is 53.6 Å². The summed E-state index contributed by atoms with van der Waals surface area (Å²) in [6.07, 6.45) is 3.69. The van der Waals surface area contributed by atoms with Crippen LogP contribution < -0.4 is 0 Å². The molecule has 0 bridgehead atoms. The molecule has 0 aliphatic carbocycles. The van der Waals surface area contributed by atoms with Gasteiger partial charge in [0.15, 0.2) is 0 Å². The summed E-state index contributed by atoms with van der Waals surface area (Å²) >= 11 is 0. The number of para-hydroxylation sites is 1. The molecule has 0 saturated heterocycles. The molecule has 0 radical (unpaired) electrons. The van der Waals surface area contributed by atoms with Gasteiger partial charge in [0.05, 0.1) is 0 Å². The predicted octanol–water partition coefficient (Wildman–Crippen LogP) is 6.92. The minimum absolute atomic E-state index is 0. The molecule has 0 N–H and O–H groups in total. The molecule has 0 atom stereocenters. The monoisotopic (exact) mass is 577 g/mol. The van der Waals surface area contributed by atoms with E-state index >= 15 is 0 Å². The van der Waals surface area contributed by atoms with Crippen molar-refractivity contribution in [2.45, 2.75) is 0 Å². The van der Waals surface area contributed by atoms with E-state index in [-0.39, 0.29) is 21.1 Å². The number of aliphatic imine (C=N–C) groups is 1. The third kappa shape index (κ3) is 4.55. The first-order valence-electron chi connectivity index (χ1n) is 9.85. The third-order valence-corrected chi connectivity index (χ3v) is 4.98. The molecule has 0 aliphatic heterocycles. The van der Waals surface area contributed by atoms with Crippen LogP contribution in [-0.4, -0.2) is 11.2 Å². The van der Waals surface area contributed by atoms with E-state index in [2.05, 4.69) is 47.4 Å². The van der Waals surface area contributed by atoms with Crippen molar-refractivity contribution in [3.05, 3.63) is 121 Å². The van der Waals surface area contributed by atoms with E-state index in [1.54, 1.807) is 0 Å². The summed E-state index contributed by atoms with van der Waals surface area (Å²) in [4.78, 5) is 9.33. The Kier molecular flexibility index (Phi) is 6.50. The first-order chi connectivity index (χ1) is 14.9. The van der Waals surface area contributed by atoms with Crippen molar-refractivity contribution in [3.8, 4) is 22.4 Å². The maximum Gasteiger partial charge on any atom is 2.00 e. The van der Waals surface area contributed by atoms with E-state index < -0.39 is 0 Å². The van der Waals surface area contributed by atoms with Crippen molar-refractivity contribution in [1.29, 1.82) is 0 Å². The number of hydrogen-bond donors (Lipinski definition) is 0. The van der Waals surface area contributed by atoms with Crippen molar-refractivity contribution in [3.63, 3.8) is 0 Å². The van der Waals surface area contributed by atoms with Crippen molar-refractivity contribution >= 4 is 22.7 Å². The smallest absolute Gasteiger partial charge is 0.304 e. The van der Waals surface area contributed by atoms with Gasteiger partial charge in [-0.3, -0.25) is 4.98 Å². The molecule has 150 valence electrons. The summed E-state index contributed by atoms with van der Waals surface area (Å²) in [7, 11) is 0. The Balaban J connectivity index is 0.00000231. The number of fused-ring (bicyclic) bond motifs is 1. The van der Waals surface area contributed by atoms with Gasteiger partial charge in [-0.05, 0) is 18.3 Å². The van der Waals surface area contributed by atoms with Gasteiger partial charge in [0.25, 0.3) is 0 Å². The van der Waals surface area contributed by atoms with Gasteiger partial charge in [0, 0.05) is 17.6 Å². The second kappa shape index (κ2) is 9.64. The summed E-state index contributed by atoms with van der Waals surface area (Å²) < 4.78 is 0. The van der Waals surface area contributed by atoms with E-state index in [1.807, 2.05) is 79.1 Å².